The monoisotopic (exact) mass is 389 g/mol. The number of piperidine rings is 1. The highest BCUT2D eigenvalue weighted by molar-refractivity contribution is 5.82. The highest BCUT2D eigenvalue weighted by Gasteiger charge is 2.31. The van der Waals surface area contributed by atoms with Crippen molar-refractivity contribution in [2.24, 2.45) is 17.6 Å². The zero-order valence-corrected chi connectivity index (χ0v) is 17.6. The maximum absolute atomic E-state index is 12.6. The Kier molecular flexibility index (Phi) is 8.30. The molecule has 2 amide bonds. The summed E-state index contributed by atoms with van der Waals surface area (Å²) < 4.78 is 5.52. The normalized spacial score (nSPS) is 18.2. The molecular formula is C22H35N3O3. The summed E-state index contributed by atoms with van der Waals surface area (Å²) in [5, 5.41) is 0. The molecule has 1 fully saturated rings. The fourth-order valence-electron chi connectivity index (χ4n) is 3.49. The number of nitrogens with two attached hydrogens (primary N) is 1. The molecule has 2 rings (SSSR count). The number of ether oxygens (including phenoxy) is 1. The standard InChI is InChI=1S/C22H35N3O3/c1-16(2)20(23)21(26)24-12-8-11-19(13-24)14-25(17(3)4)22(27)28-15-18-9-6-5-7-10-18/h5-7,9-10,16-17,19-20H,8,11-15,23H2,1-4H3. The SMILES string of the molecule is CC(C)C(N)C(=O)N1CCCC(CN(C(=O)OCc2ccccc2)C(C)C)C1. The average Bonchev–Trinajstić information content (AvgIpc) is 2.69. The van der Waals surface area contributed by atoms with Gasteiger partial charge in [-0.1, -0.05) is 44.2 Å². The number of rotatable bonds is 7. The minimum atomic E-state index is -0.462. The van der Waals surface area contributed by atoms with Gasteiger partial charge < -0.3 is 20.3 Å². The van der Waals surface area contributed by atoms with Crippen LogP contribution in [0.15, 0.2) is 30.3 Å². The van der Waals surface area contributed by atoms with E-state index >= 15 is 0 Å². The van der Waals surface area contributed by atoms with E-state index in [0.717, 1.165) is 24.9 Å². The van der Waals surface area contributed by atoms with E-state index in [1.165, 1.54) is 0 Å². The number of carbonyl (C=O) groups excluding carboxylic acids is 2. The summed E-state index contributed by atoms with van der Waals surface area (Å²) in [6.07, 6.45) is 1.63. The van der Waals surface area contributed by atoms with Gasteiger partial charge in [0.1, 0.15) is 6.61 Å². The Bertz CT molecular complexity index is 633. The van der Waals surface area contributed by atoms with Gasteiger partial charge in [0.25, 0.3) is 0 Å². The van der Waals surface area contributed by atoms with Crippen LogP contribution in [0.2, 0.25) is 0 Å². The average molecular weight is 390 g/mol. The van der Waals surface area contributed by atoms with Crippen LogP contribution in [-0.2, 0) is 16.1 Å². The van der Waals surface area contributed by atoms with Crippen molar-refractivity contribution in [3.8, 4) is 0 Å². The Morgan fingerprint density at radius 1 is 1.21 bits per heavy atom. The van der Waals surface area contributed by atoms with Gasteiger partial charge >= 0.3 is 6.09 Å². The smallest absolute Gasteiger partial charge is 0.410 e. The molecular weight excluding hydrogens is 354 g/mol. The number of likely N-dealkylation sites (tertiary alicyclic amines) is 1. The maximum atomic E-state index is 12.6. The van der Waals surface area contributed by atoms with Crippen LogP contribution in [0.25, 0.3) is 0 Å². The summed E-state index contributed by atoms with van der Waals surface area (Å²) in [6.45, 7) is 10.2. The van der Waals surface area contributed by atoms with Crippen LogP contribution in [0.5, 0.6) is 0 Å². The van der Waals surface area contributed by atoms with E-state index in [2.05, 4.69) is 0 Å². The van der Waals surface area contributed by atoms with Gasteiger partial charge in [-0.25, -0.2) is 4.79 Å². The second-order valence-corrected chi connectivity index (χ2v) is 8.35. The van der Waals surface area contributed by atoms with Crippen LogP contribution in [0.1, 0.15) is 46.1 Å². The Labute approximate surface area is 169 Å². The lowest BCUT2D eigenvalue weighted by molar-refractivity contribution is -0.135. The van der Waals surface area contributed by atoms with E-state index < -0.39 is 6.04 Å². The van der Waals surface area contributed by atoms with E-state index in [-0.39, 0.29) is 36.5 Å². The van der Waals surface area contributed by atoms with Crippen LogP contribution in [0, 0.1) is 11.8 Å². The molecule has 0 spiro atoms. The Morgan fingerprint density at radius 3 is 2.50 bits per heavy atom. The van der Waals surface area contributed by atoms with Crippen molar-refractivity contribution in [3.63, 3.8) is 0 Å². The van der Waals surface area contributed by atoms with Crippen LogP contribution in [0.4, 0.5) is 4.79 Å². The molecule has 0 aromatic heterocycles. The van der Waals surface area contributed by atoms with Crippen molar-refractivity contribution in [2.45, 2.75) is 59.2 Å². The van der Waals surface area contributed by atoms with Gasteiger partial charge in [-0.15, -0.1) is 0 Å². The molecule has 1 heterocycles. The minimum Gasteiger partial charge on any atom is -0.445 e. The predicted octanol–water partition coefficient (Wildman–Crippen LogP) is 3.26. The van der Waals surface area contributed by atoms with Crippen LogP contribution in [0.3, 0.4) is 0 Å². The molecule has 1 aliphatic rings. The van der Waals surface area contributed by atoms with Gasteiger partial charge in [0.2, 0.25) is 5.91 Å². The number of carbonyl (C=O) groups is 2. The largest absolute Gasteiger partial charge is 0.445 e. The van der Waals surface area contributed by atoms with Crippen molar-refractivity contribution in [1.82, 2.24) is 9.80 Å². The first kappa shape index (κ1) is 22.2. The molecule has 0 radical (unpaired) electrons. The van der Waals surface area contributed by atoms with E-state index in [4.69, 9.17) is 10.5 Å². The van der Waals surface area contributed by atoms with Gasteiger partial charge in [-0.2, -0.15) is 0 Å². The Balaban J connectivity index is 1.93. The van der Waals surface area contributed by atoms with Crippen LogP contribution < -0.4 is 5.73 Å². The molecule has 6 heteroatoms. The lowest BCUT2D eigenvalue weighted by atomic mass is 9.95. The van der Waals surface area contributed by atoms with E-state index in [1.807, 2.05) is 62.9 Å². The number of amides is 2. The molecule has 156 valence electrons. The topological polar surface area (TPSA) is 75.9 Å². The summed E-state index contributed by atoms with van der Waals surface area (Å²) in [5.74, 6) is 0.374. The van der Waals surface area contributed by atoms with Crippen molar-refractivity contribution in [2.75, 3.05) is 19.6 Å². The molecule has 2 N–H and O–H groups in total. The summed E-state index contributed by atoms with van der Waals surface area (Å²) in [6, 6.07) is 9.25. The number of hydrogen-bond acceptors (Lipinski definition) is 4. The molecule has 28 heavy (non-hydrogen) atoms. The second-order valence-electron chi connectivity index (χ2n) is 8.35. The van der Waals surface area contributed by atoms with Gasteiger partial charge in [0, 0.05) is 25.7 Å². The molecule has 0 aliphatic carbocycles. The first-order valence-corrected chi connectivity index (χ1v) is 10.3. The molecule has 1 aromatic carbocycles. The van der Waals surface area contributed by atoms with Crippen molar-refractivity contribution in [1.29, 1.82) is 0 Å². The van der Waals surface area contributed by atoms with Gasteiger partial charge in [-0.05, 0) is 44.1 Å². The number of benzene rings is 1. The molecule has 1 aromatic rings. The third-order valence-corrected chi connectivity index (χ3v) is 5.35. The zero-order valence-electron chi connectivity index (χ0n) is 17.6. The third kappa shape index (κ3) is 6.23. The fourth-order valence-corrected chi connectivity index (χ4v) is 3.49. The Hall–Kier alpha value is -2.08. The quantitative estimate of drug-likeness (QED) is 0.777. The first-order valence-electron chi connectivity index (χ1n) is 10.3. The summed E-state index contributed by atoms with van der Waals surface area (Å²) in [7, 11) is 0. The molecule has 2 atom stereocenters. The lowest BCUT2D eigenvalue weighted by Crippen LogP contribution is -2.52. The summed E-state index contributed by atoms with van der Waals surface area (Å²) in [5.41, 5.74) is 7.02. The van der Waals surface area contributed by atoms with E-state index in [1.54, 1.807) is 4.90 Å². The fraction of sp³-hybridized carbons (Fsp3) is 0.636. The first-order chi connectivity index (χ1) is 13.3. The summed E-state index contributed by atoms with van der Waals surface area (Å²) >= 11 is 0. The number of hydrogen-bond donors (Lipinski definition) is 1. The van der Waals surface area contributed by atoms with Gasteiger partial charge in [0.05, 0.1) is 6.04 Å². The van der Waals surface area contributed by atoms with Crippen LogP contribution in [-0.4, -0.2) is 53.5 Å². The van der Waals surface area contributed by atoms with Crippen molar-refractivity contribution in [3.05, 3.63) is 35.9 Å². The highest BCUT2D eigenvalue weighted by atomic mass is 16.6. The predicted molar refractivity (Wildman–Crippen MR) is 111 cm³/mol. The van der Waals surface area contributed by atoms with Gasteiger partial charge in [-0.3, -0.25) is 4.79 Å². The summed E-state index contributed by atoms with van der Waals surface area (Å²) in [4.78, 5) is 28.9. The van der Waals surface area contributed by atoms with Crippen molar-refractivity contribution >= 4 is 12.0 Å². The van der Waals surface area contributed by atoms with E-state index in [0.29, 0.717) is 13.1 Å². The van der Waals surface area contributed by atoms with Gasteiger partial charge in [0.15, 0.2) is 0 Å². The van der Waals surface area contributed by atoms with E-state index in [9.17, 15) is 9.59 Å². The zero-order chi connectivity index (χ0) is 20.7. The second kappa shape index (κ2) is 10.5. The molecule has 1 saturated heterocycles. The number of nitrogens with zero attached hydrogens (tertiary/aromatic N) is 2. The highest BCUT2D eigenvalue weighted by Crippen LogP contribution is 2.21. The molecule has 0 saturated carbocycles. The Morgan fingerprint density at radius 2 is 1.89 bits per heavy atom. The molecule has 6 nitrogen and oxygen atoms in total. The maximum Gasteiger partial charge on any atom is 0.410 e. The van der Waals surface area contributed by atoms with Crippen molar-refractivity contribution < 1.29 is 14.3 Å². The molecule has 0 bridgehead atoms. The molecule has 1 aliphatic heterocycles. The minimum absolute atomic E-state index is 0.0162. The molecule has 2 unspecified atom stereocenters. The third-order valence-electron chi connectivity index (χ3n) is 5.35. The van der Waals surface area contributed by atoms with Crippen LogP contribution >= 0.6 is 0 Å². The lowest BCUT2D eigenvalue weighted by Gasteiger charge is -2.38.